The number of nitrogen functional groups attached to an aromatic ring is 1. The van der Waals surface area contributed by atoms with Crippen molar-refractivity contribution < 1.29 is 8.42 Å². The van der Waals surface area contributed by atoms with E-state index in [-0.39, 0.29) is 17.3 Å². The fourth-order valence-corrected chi connectivity index (χ4v) is 2.64. The highest BCUT2D eigenvalue weighted by atomic mass is 32.2. The molecule has 0 aliphatic carbocycles. The van der Waals surface area contributed by atoms with Gasteiger partial charge in [-0.25, -0.2) is 18.1 Å². The highest BCUT2D eigenvalue weighted by Crippen LogP contribution is 2.14. The lowest BCUT2D eigenvalue weighted by molar-refractivity contribution is 0.581. The molecular formula is C9H14N6O2S. The van der Waals surface area contributed by atoms with E-state index in [2.05, 4.69) is 19.8 Å². The summed E-state index contributed by atoms with van der Waals surface area (Å²) >= 11 is 0. The highest BCUT2D eigenvalue weighted by Gasteiger charge is 2.19. The van der Waals surface area contributed by atoms with Crippen molar-refractivity contribution in [1.29, 1.82) is 0 Å². The first-order valence-corrected chi connectivity index (χ1v) is 6.74. The molecule has 0 atom stereocenters. The van der Waals surface area contributed by atoms with E-state index in [0.29, 0.717) is 6.42 Å². The van der Waals surface area contributed by atoms with Gasteiger partial charge in [0.15, 0.2) is 5.82 Å². The maximum atomic E-state index is 11.9. The summed E-state index contributed by atoms with van der Waals surface area (Å²) in [5, 5.41) is 3.79. The second kappa shape index (κ2) is 4.78. The van der Waals surface area contributed by atoms with Crippen molar-refractivity contribution in [1.82, 2.24) is 24.5 Å². The maximum absolute atomic E-state index is 11.9. The number of aryl methyl sites for hydroxylation is 1. The standard InChI is InChI=1S/C9H14N6O2S/c1-15-6-7(9(10)14-15)18(16,17)13-3-2-8-11-4-5-12-8/h4-6,13H,2-3H2,1H3,(H2,10,14)(H,11,12). The lowest BCUT2D eigenvalue weighted by Gasteiger charge is -2.03. The van der Waals surface area contributed by atoms with E-state index in [0.717, 1.165) is 5.82 Å². The van der Waals surface area contributed by atoms with Crippen molar-refractivity contribution >= 4 is 15.8 Å². The van der Waals surface area contributed by atoms with Gasteiger partial charge in [0.2, 0.25) is 10.0 Å². The van der Waals surface area contributed by atoms with Crippen molar-refractivity contribution in [2.45, 2.75) is 11.3 Å². The predicted molar refractivity (Wildman–Crippen MR) is 65.1 cm³/mol. The number of aromatic nitrogens is 4. The van der Waals surface area contributed by atoms with Crippen molar-refractivity contribution in [2.75, 3.05) is 12.3 Å². The van der Waals surface area contributed by atoms with Crippen LogP contribution in [0.4, 0.5) is 5.82 Å². The molecule has 9 heteroatoms. The molecule has 0 bridgehead atoms. The lowest BCUT2D eigenvalue weighted by atomic mass is 10.4. The molecule has 8 nitrogen and oxygen atoms in total. The van der Waals surface area contributed by atoms with Crippen molar-refractivity contribution in [3.63, 3.8) is 0 Å². The van der Waals surface area contributed by atoms with Crippen LogP contribution in [0.3, 0.4) is 0 Å². The van der Waals surface area contributed by atoms with E-state index in [1.165, 1.54) is 10.9 Å². The number of aromatic amines is 1. The molecule has 2 aromatic rings. The molecule has 0 aromatic carbocycles. The van der Waals surface area contributed by atoms with Crippen LogP contribution in [-0.2, 0) is 23.5 Å². The Morgan fingerprint density at radius 2 is 2.33 bits per heavy atom. The van der Waals surface area contributed by atoms with E-state index >= 15 is 0 Å². The van der Waals surface area contributed by atoms with Gasteiger partial charge in [-0.15, -0.1) is 0 Å². The largest absolute Gasteiger partial charge is 0.381 e. The molecular weight excluding hydrogens is 256 g/mol. The van der Waals surface area contributed by atoms with Gasteiger partial charge in [0.1, 0.15) is 10.7 Å². The minimum absolute atomic E-state index is 0.00977. The van der Waals surface area contributed by atoms with Gasteiger partial charge in [-0.1, -0.05) is 0 Å². The van der Waals surface area contributed by atoms with E-state index in [4.69, 9.17) is 5.73 Å². The summed E-state index contributed by atoms with van der Waals surface area (Å²) in [5.74, 6) is 0.708. The number of hydrogen-bond donors (Lipinski definition) is 3. The van der Waals surface area contributed by atoms with Crippen LogP contribution in [0.15, 0.2) is 23.5 Å². The normalized spacial score (nSPS) is 11.8. The van der Waals surface area contributed by atoms with Gasteiger partial charge in [-0.3, -0.25) is 4.68 Å². The van der Waals surface area contributed by atoms with Crippen LogP contribution in [-0.4, -0.2) is 34.7 Å². The second-order valence-corrected chi connectivity index (χ2v) is 5.47. The smallest absolute Gasteiger partial charge is 0.245 e. The van der Waals surface area contributed by atoms with Gasteiger partial charge < -0.3 is 10.7 Å². The lowest BCUT2D eigenvalue weighted by Crippen LogP contribution is -2.26. The molecule has 0 aliphatic heterocycles. The quantitative estimate of drug-likeness (QED) is 0.660. The Balaban J connectivity index is 2.02. The summed E-state index contributed by atoms with van der Waals surface area (Å²) in [7, 11) is -2.01. The zero-order valence-electron chi connectivity index (χ0n) is 9.79. The Morgan fingerprint density at radius 3 is 2.89 bits per heavy atom. The fourth-order valence-electron chi connectivity index (χ4n) is 1.51. The number of H-pyrrole nitrogens is 1. The average Bonchev–Trinajstić information content (AvgIpc) is 2.88. The first kappa shape index (κ1) is 12.6. The first-order valence-electron chi connectivity index (χ1n) is 5.26. The van der Waals surface area contributed by atoms with Gasteiger partial charge in [0.25, 0.3) is 0 Å². The van der Waals surface area contributed by atoms with Crippen LogP contribution in [0.5, 0.6) is 0 Å². The molecule has 0 amide bonds. The third kappa shape index (κ3) is 2.68. The number of hydrogen-bond acceptors (Lipinski definition) is 5. The molecule has 4 N–H and O–H groups in total. The van der Waals surface area contributed by atoms with E-state index in [1.54, 1.807) is 19.4 Å². The summed E-state index contributed by atoms with van der Waals surface area (Å²) in [4.78, 5) is 6.88. The van der Waals surface area contributed by atoms with Gasteiger partial charge >= 0.3 is 0 Å². The van der Waals surface area contributed by atoms with Gasteiger partial charge in [0, 0.05) is 38.6 Å². The molecule has 0 spiro atoms. The summed E-state index contributed by atoms with van der Waals surface area (Å²) in [6, 6.07) is 0. The molecule has 0 saturated heterocycles. The number of imidazole rings is 1. The van der Waals surface area contributed by atoms with Crippen LogP contribution >= 0.6 is 0 Å². The topological polar surface area (TPSA) is 119 Å². The molecule has 18 heavy (non-hydrogen) atoms. The molecule has 98 valence electrons. The predicted octanol–water partition coefficient (Wildman–Crippen LogP) is -0.754. The fraction of sp³-hybridized carbons (Fsp3) is 0.333. The molecule has 0 radical (unpaired) electrons. The molecule has 2 rings (SSSR count). The number of nitrogens with two attached hydrogens (primary N) is 1. The van der Waals surface area contributed by atoms with E-state index in [1.807, 2.05) is 0 Å². The summed E-state index contributed by atoms with van der Waals surface area (Å²) in [6.07, 6.45) is 5.14. The van der Waals surface area contributed by atoms with Crippen LogP contribution in [0.25, 0.3) is 0 Å². The maximum Gasteiger partial charge on any atom is 0.245 e. The molecule has 0 saturated carbocycles. The van der Waals surface area contributed by atoms with E-state index in [9.17, 15) is 8.42 Å². The molecule has 0 aliphatic rings. The van der Waals surface area contributed by atoms with Gasteiger partial charge in [-0.2, -0.15) is 5.10 Å². The van der Waals surface area contributed by atoms with Crippen molar-refractivity contribution in [2.24, 2.45) is 7.05 Å². The van der Waals surface area contributed by atoms with Crippen molar-refractivity contribution in [3.8, 4) is 0 Å². The first-order chi connectivity index (χ1) is 8.49. The SMILES string of the molecule is Cn1cc(S(=O)(=O)NCCc2ncc[nH]2)c(N)n1. The molecule has 0 fully saturated rings. The Morgan fingerprint density at radius 1 is 1.56 bits per heavy atom. The van der Waals surface area contributed by atoms with Gasteiger partial charge in [-0.05, 0) is 0 Å². The van der Waals surface area contributed by atoms with Crippen LogP contribution in [0, 0.1) is 0 Å². The number of rotatable bonds is 5. The summed E-state index contributed by atoms with van der Waals surface area (Å²) < 4.78 is 27.6. The van der Waals surface area contributed by atoms with Crippen LogP contribution < -0.4 is 10.5 Å². The average molecular weight is 270 g/mol. The van der Waals surface area contributed by atoms with E-state index < -0.39 is 10.0 Å². The second-order valence-electron chi connectivity index (χ2n) is 3.74. The number of sulfonamides is 1. The summed E-state index contributed by atoms with van der Waals surface area (Å²) in [5.41, 5.74) is 5.52. The highest BCUT2D eigenvalue weighted by molar-refractivity contribution is 7.89. The zero-order valence-corrected chi connectivity index (χ0v) is 10.6. The third-order valence-electron chi connectivity index (χ3n) is 2.32. The van der Waals surface area contributed by atoms with Gasteiger partial charge in [0.05, 0.1) is 0 Å². The number of nitrogens with one attached hydrogen (secondary N) is 2. The Kier molecular flexibility index (Phi) is 3.34. The summed E-state index contributed by atoms with van der Waals surface area (Å²) in [6.45, 7) is 0.240. The van der Waals surface area contributed by atoms with Crippen LogP contribution in [0.2, 0.25) is 0 Å². The minimum atomic E-state index is -3.62. The molecule has 2 aromatic heterocycles. The zero-order chi connectivity index (χ0) is 13.2. The number of anilines is 1. The number of nitrogens with zero attached hydrogens (tertiary/aromatic N) is 3. The Bertz CT molecular complexity index is 616. The molecule has 0 unspecified atom stereocenters. The Labute approximate surface area is 104 Å². The Hall–Kier alpha value is -1.87. The third-order valence-corrected chi connectivity index (χ3v) is 3.80. The molecule has 2 heterocycles. The van der Waals surface area contributed by atoms with Crippen molar-refractivity contribution in [3.05, 3.63) is 24.4 Å². The van der Waals surface area contributed by atoms with Crippen LogP contribution in [0.1, 0.15) is 5.82 Å². The monoisotopic (exact) mass is 270 g/mol. The minimum Gasteiger partial charge on any atom is -0.381 e.